The third-order valence-electron chi connectivity index (χ3n) is 3.36. The van der Waals surface area contributed by atoms with E-state index in [4.69, 9.17) is 18.9 Å². The summed E-state index contributed by atoms with van der Waals surface area (Å²) >= 11 is 3.24. The van der Waals surface area contributed by atoms with Crippen molar-refractivity contribution in [3.8, 4) is 11.8 Å². The van der Waals surface area contributed by atoms with Gasteiger partial charge in [-0.25, -0.2) is 19.6 Å². The Hall–Kier alpha value is -2.68. The highest BCUT2D eigenvalue weighted by molar-refractivity contribution is 9.10. The van der Waals surface area contributed by atoms with Crippen molar-refractivity contribution in [1.82, 2.24) is 9.97 Å². The van der Waals surface area contributed by atoms with Gasteiger partial charge in [-0.1, -0.05) is 0 Å². The van der Waals surface area contributed by atoms with Crippen LogP contribution in [0.5, 0.6) is 11.8 Å². The van der Waals surface area contributed by atoms with Crippen LogP contribution in [-0.2, 0) is 9.47 Å². The molecular weight excluding hydrogens is 456 g/mol. The second kappa shape index (κ2) is 13.5. The zero-order valence-corrected chi connectivity index (χ0v) is 19.4. The molecule has 0 aliphatic heterocycles. The standard InChI is InChI=1S/C11H15NO3.C10H12BrNO3/c1-4-14-10-9(11(13)15-5-2)6-8(3)7-12-10;1-3-14-9-8(10(13)15-4-2)5-7(11)6-12-9/h6-7H,4-5H2,1-3H3;5-6H,3-4H2,1-2H3. The Kier molecular flexibility index (Phi) is 11.4. The lowest BCUT2D eigenvalue weighted by Crippen LogP contribution is -2.09. The number of pyridine rings is 2. The second-order valence-electron chi connectivity index (χ2n) is 5.68. The molecular formula is C21H27BrN2O6. The number of esters is 2. The Morgan fingerprint density at radius 1 is 0.800 bits per heavy atom. The predicted octanol–water partition coefficient (Wildman–Crippen LogP) is 4.38. The molecule has 2 heterocycles. The molecule has 0 fully saturated rings. The normalized spacial score (nSPS) is 9.80. The third kappa shape index (κ3) is 7.98. The molecule has 2 aromatic heterocycles. The van der Waals surface area contributed by atoms with Gasteiger partial charge >= 0.3 is 11.9 Å². The summed E-state index contributed by atoms with van der Waals surface area (Å²) in [6, 6.07) is 3.35. The van der Waals surface area contributed by atoms with Crippen LogP contribution in [0, 0.1) is 6.92 Å². The van der Waals surface area contributed by atoms with E-state index in [2.05, 4.69) is 25.9 Å². The van der Waals surface area contributed by atoms with Gasteiger partial charge in [-0.15, -0.1) is 0 Å². The average molecular weight is 483 g/mol. The SMILES string of the molecule is CCOC(=O)c1cc(Br)cnc1OCC.CCOC(=O)c1cc(C)cnc1OCC. The second-order valence-corrected chi connectivity index (χ2v) is 6.59. The van der Waals surface area contributed by atoms with Gasteiger partial charge in [0, 0.05) is 16.9 Å². The first-order valence-corrected chi connectivity index (χ1v) is 10.4. The molecule has 0 unspecified atom stereocenters. The molecule has 9 heteroatoms. The number of halogens is 1. The van der Waals surface area contributed by atoms with Gasteiger partial charge in [0.05, 0.1) is 26.4 Å². The molecule has 2 rings (SSSR count). The van der Waals surface area contributed by atoms with E-state index >= 15 is 0 Å². The van der Waals surface area contributed by atoms with Crippen LogP contribution in [0.25, 0.3) is 0 Å². The van der Waals surface area contributed by atoms with E-state index in [9.17, 15) is 9.59 Å². The third-order valence-corrected chi connectivity index (χ3v) is 3.79. The van der Waals surface area contributed by atoms with E-state index in [1.54, 1.807) is 38.4 Å². The molecule has 0 spiro atoms. The van der Waals surface area contributed by atoms with Crippen LogP contribution in [0.3, 0.4) is 0 Å². The molecule has 0 aliphatic carbocycles. The molecule has 0 aliphatic rings. The zero-order chi connectivity index (χ0) is 22.5. The maximum absolute atomic E-state index is 11.6. The van der Waals surface area contributed by atoms with Gasteiger partial charge in [-0.3, -0.25) is 0 Å². The van der Waals surface area contributed by atoms with E-state index in [1.807, 2.05) is 20.8 Å². The minimum atomic E-state index is -0.422. The highest BCUT2D eigenvalue weighted by Crippen LogP contribution is 2.21. The summed E-state index contributed by atoms with van der Waals surface area (Å²) in [5, 5.41) is 0. The lowest BCUT2D eigenvalue weighted by molar-refractivity contribution is 0.0510. The number of aryl methyl sites for hydroxylation is 1. The number of nitrogens with zero attached hydrogens (tertiary/aromatic N) is 2. The van der Waals surface area contributed by atoms with Gasteiger partial charge in [0.25, 0.3) is 0 Å². The lowest BCUT2D eigenvalue weighted by Gasteiger charge is -2.08. The van der Waals surface area contributed by atoms with E-state index in [1.165, 1.54) is 0 Å². The highest BCUT2D eigenvalue weighted by Gasteiger charge is 2.16. The molecule has 0 amide bonds. The summed E-state index contributed by atoms with van der Waals surface area (Å²) in [6.07, 6.45) is 3.24. The van der Waals surface area contributed by atoms with Crippen molar-refractivity contribution in [2.45, 2.75) is 34.6 Å². The van der Waals surface area contributed by atoms with E-state index in [0.29, 0.717) is 53.8 Å². The zero-order valence-electron chi connectivity index (χ0n) is 17.9. The maximum Gasteiger partial charge on any atom is 0.343 e. The van der Waals surface area contributed by atoms with Crippen LogP contribution in [-0.4, -0.2) is 48.3 Å². The van der Waals surface area contributed by atoms with E-state index in [0.717, 1.165) is 5.56 Å². The summed E-state index contributed by atoms with van der Waals surface area (Å²) in [7, 11) is 0. The van der Waals surface area contributed by atoms with Crippen LogP contribution in [0.2, 0.25) is 0 Å². The van der Waals surface area contributed by atoms with Crippen LogP contribution < -0.4 is 9.47 Å². The molecule has 0 aromatic carbocycles. The van der Waals surface area contributed by atoms with Crippen molar-refractivity contribution < 1.29 is 28.5 Å². The number of rotatable bonds is 8. The fourth-order valence-electron chi connectivity index (χ4n) is 2.20. The largest absolute Gasteiger partial charge is 0.477 e. The Bertz CT molecular complexity index is 775. The Morgan fingerprint density at radius 2 is 1.27 bits per heavy atom. The Morgan fingerprint density at radius 3 is 1.73 bits per heavy atom. The van der Waals surface area contributed by atoms with Gasteiger partial charge < -0.3 is 18.9 Å². The Balaban J connectivity index is 0.000000300. The van der Waals surface area contributed by atoms with Crippen LogP contribution in [0.1, 0.15) is 54.0 Å². The molecule has 30 heavy (non-hydrogen) atoms. The predicted molar refractivity (Wildman–Crippen MR) is 115 cm³/mol. The molecule has 2 aromatic rings. The smallest absolute Gasteiger partial charge is 0.343 e. The molecule has 0 N–H and O–H groups in total. The molecule has 0 radical (unpaired) electrons. The van der Waals surface area contributed by atoms with E-state index in [-0.39, 0.29) is 0 Å². The van der Waals surface area contributed by atoms with Crippen LogP contribution in [0.15, 0.2) is 29.0 Å². The summed E-state index contributed by atoms with van der Waals surface area (Å²) < 4.78 is 21.0. The summed E-state index contributed by atoms with van der Waals surface area (Å²) in [6.45, 7) is 10.7. The summed E-state index contributed by atoms with van der Waals surface area (Å²) in [4.78, 5) is 31.1. The van der Waals surface area contributed by atoms with Gasteiger partial charge in [-0.2, -0.15) is 0 Å². The molecule has 164 valence electrons. The van der Waals surface area contributed by atoms with Crippen molar-refractivity contribution in [1.29, 1.82) is 0 Å². The van der Waals surface area contributed by atoms with Gasteiger partial charge in [0.2, 0.25) is 11.8 Å². The number of ether oxygens (including phenoxy) is 4. The fourth-order valence-corrected chi connectivity index (χ4v) is 2.53. The molecule has 8 nitrogen and oxygen atoms in total. The molecule has 0 saturated carbocycles. The highest BCUT2D eigenvalue weighted by atomic mass is 79.9. The van der Waals surface area contributed by atoms with Crippen molar-refractivity contribution in [3.05, 3.63) is 45.7 Å². The quantitative estimate of drug-likeness (QED) is 0.511. The van der Waals surface area contributed by atoms with Crippen LogP contribution in [0.4, 0.5) is 0 Å². The van der Waals surface area contributed by atoms with Crippen molar-refractivity contribution in [2.24, 2.45) is 0 Å². The average Bonchev–Trinajstić information content (AvgIpc) is 2.72. The number of carbonyl (C=O) groups excluding carboxylic acids is 2. The number of hydrogen-bond acceptors (Lipinski definition) is 8. The fraction of sp³-hybridized carbons (Fsp3) is 0.429. The first kappa shape index (κ1) is 25.4. The summed E-state index contributed by atoms with van der Waals surface area (Å²) in [5.74, 6) is -0.174. The molecule has 0 bridgehead atoms. The topological polar surface area (TPSA) is 96.8 Å². The van der Waals surface area contributed by atoms with Gasteiger partial charge in [0.15, 0.2) is 0 Å². The molecule has 0 saturated heterocycles. The van der Waals surface area contributed by atoms with Crippen LogP contribution >= 0.6 is 15.9 Å². The molecule has 0 atom stereocenters. The van der Waals surface area contributed by atoms with Gasteiger partial charge in [0.1, 0.15) is 11.1 Å². The van der Waals surface area contributed by atoms with Crippen molar-refractivity contribution in [3.63, 3.8) is 0 Å². The monoisotopic (exact) mass is 482 g/mol. The van der Waals surface area contributed by atoms with Crippen molar-refractivity contribution in [2.75, 3.05) is 26.4 Å². The van der Waals surface area contributed by atoms with E-state index < -0.39 is 11.9 Å². The maximum atomic E-state index is 11.6. The van der Waals surface area contributed by atoms with Crippen molar-refractivity contribution >= 4 is 27.9 Å². The lowest BCUT2D eigenvalue weighted by atomic mass is 10.2. The number of hydrogen-bond donors (Lipinski definition) is 0. The number of carbonyl (C=O) groups is 2. The minimum absolute atomic E-state index is 0.305. The Labute approximate surface area is 185 Å². The number of aromatic nitrogens is 2. The minimum Gasteiger partial charge on any atom is -0.477 e. The first-order valence-electron chi connectivity index (χ1n) is 9.59. The van der Waals surface area contributed by atoms with Gasteiger partial charge in [-0.05, 0) is 68.2 Å². The first-order chi connectivity index (χ1) is 14.4. The summed E-state index contributed by atoms with van der Waals surface area (Å²) in [5.41, 5.74) is 1.63.